The Kier molecular flexibility index (Phi) is 5.22. The van der Waals surface area contributed by atoms with Gasteiger partial charge in [-0.25, -0.2) is 0 Å². The molecule has 0 radical (unpaired) electrons. The second-order valence-corrected chi connectivity index (χ2v) is 13.4. The van der Waals surface area contributed by atoms with E-state index in [2.05, 4.69) is 104 Å². The first kappa shape index (κ1) is 24.0. The molecule has 2 heterocycles. The zero-order chi connectivity index (χ0) is 26.3. The Morgan fingerprint density at radius 2 is 1.32 bits per heavy atom. The topological polar surface area (TPSA) is 22.1 Å². The molecule has 0 aliphatic carbocycles. The number of hydrogen-bond acceptors (Lipinski definition) is 2. The van der Waals surface area contributed by atoms with Crippen LogP contribution in [-0.4, -0.2) is 4.98 Å². The van der Waals surface area contributed by atoms with Crippen molar-refractivity contribution in [3.8, 4) is 22.8 Å². The molecule has 0 saturated heterocycles. The third-order valence-electron chi connectivity index (χ3n) is 7.64. The molecule has 0 bridgehead atoms. The molecule has 188 valence electrons. The molecule has 0 unspecified atom stereocenters. The Balaban J connectivity index is 1.62. The summed E-state index contributed by atoms with van der Waals surface area (Å²) < 4.78 is 6.76. The molecule has 1 aliphatic rings. The lowest BCUT2D eigenvalue weighted by Gasteiger charge is -2.26. The lowest BCUT2D eigenvalue weighted by atomic mass is 9.84. The fraction of sp³-hybridized carbons (Fsp3) is 0.343. The summed E-state index contributed by atoms with van der Waals surface area (Å²) in [6.45, 7) is 18.2. The van der Waals surface area contributed by atoms with Crippen LogP contribution in [0.15, 0.2) is 54.7 Å². The van der Waals surface area contributed by atoms with Gasteiger partial charge in [-0.1, -0.05) is 77.9 Å². The van der Waals surface area contributed by atoms with E-state index in [9.17, 15) is 0 Å². The second kappa shape index (κ2) is 8.05. The molecule has 37 heavy (non-hydrogen) atoms. The summed E-state index contributed by atoms with van der Waals surface area (Å²) in [7, 11) is 0. The fourth-order valence-corrected chi connectivity index (χ4v) is 6.19. The van der Waals surface area contributed by atoms with E-state index in [1.54, 1.807) is 0 Å². The minimum absolute atomic E-state index is 0.241. The van der Waals surface area contributed by atoms with Gasteiger partial charge in [-0.3, -0.25) is 4.98 Å². The van der Waals surface area contributed by atoms with E-state index < -0.39 is 0 Å². The molecule has 0 atom stereocenters. The highest BCUT2D eigenvalue weighted by Gasteiger charge is 2.28. The quantitative estimate of drug-likeness (QED) is 0.227. The van der Waals surface area contributed by atoms with Crippen LogP contribution in [0.1, 0.15) is 63.8 Å². The molecule has 0 N–H and O–H groups in total. The Labute approximate surface area is 220 Å². The van der Waals surface area contributed by atoms with Crippen LogP contribution in [0.2, 0.25) is 0 Å². The smallest absolute Gasteiger partial charge is 0.140 e. The average molecular weight is 488 g/mol. The molecule has 2 nitrogen and oxygen atoms in total. The van der Waals surface area contributed by atoms with Crippen LogP contribution >= 0.6 is 0 Å². The normalized spacial score (nSPS) is 13.3. The van der Waals surface area contributed by atoms with E-state index in [-0.39, 0.29) is 10.8 Å². The molecular formula is C35H37NO. The number of nitrogens with zero attached hydrogens (tertiary/aromatic N) is 1. The standard InChI is InChI=1S/C35H37NO/c1-20-27-15-23(19-35(6,7)8)10-12-25(27)21(2)33-30(20)32-31-26(13-14-36-32)28-16-22(18-34(3,4)5)9-11-24(28)17-29(31)37-33/h9-17H,18-19H2,1-8H3. The monoisotopic (exact) mass is 487 g/mol. The number of aromatic nitrogens is 1. The van der Waals surface area contributed by atoms with Gasteiger partial charge in [0.2, 0.25) is 0 Å². The Hall–Kier alpha value is -3.39. The predicted octanol–water partition coefficient (Wildman–Crippen LogP) is 10.1. The number of benzene rings is 4. The van der Waals surface area contributed by atoms with Crippen molar-refractivity contribution in [2.45, 2.75) is 68.2 Å². The molecule has 5 aromatic rings. The average Bonchev–Trinajstić information content (AvgIpc) is 2.81. The number of hydrogen-bond donors (Lipinski definition) is 0. The maximum atomic E-state index is 6.76. The van der Waals surface area contributed by atoms with Crippen molar-refractivity contribution >= 4 is 32.3 Å². The third-order valence-corrected chi connectivity index (χ3v) is 7.64. The molecule has 6 rings (SSSR count). The van der Waals surface area contributed by atoms with Gasteiger partial charge >= 0.3 is 0 Å². The van der Waals surface area contributed by atoms with Crippen molar-refractivity contribution < 1.29 is 4.74 Å². The van der Waals surface area contributed by atoms with E-state index >= 15 is 0 Å². The number of ether oxygens (including phenoxy) is 1. The zero-order valence-electron chi connectivity index (χ0n) is 23.5. The van der Waals surface area contributed by atoms with Crippen LogP contribution < -0.4 is 4.74 Å². The molecule has 0 fully saturated rings. The Bertz CT molecular complexity index is 1730. The molecule has 0 amide bonds. The van der Waals surface area contributed by atoms with E-state index in [0.717, 1.165) is 41.0 Å². The molecule has 1 aromatic heterocycles. The second-order valence-electron chi connectivity index (χ2n) is 13.4. The summed E-state index contributed by atoms with van der Waals surface area (Å²) >= 11 is 0. The number of rotatable bonds is 2. The van der Waals surface area contributed by atoms with E-state index in [4.69, 9.17) is 9.72 Å². The summed E-state index contributed by atoms with van der Waals surface area (Å²) in [5, 5.41) is 7.40. The van der Waals surface area contributed by atoms with E-state index in [1.165, 1.54) is 49.2 Å². The highest BCUT2D eigenvalue weighted by molar-refractivity contribution is 6.17. The van der Waals surface area contributed by atoms with Gasteiger partial charge in [0.25, 0.3) is 0 Å². The van der Waals surface area contributed by atoms with Crippen LogP contribution in [0.3, 0.4) is 0 Å². The van der Waals surface area contributed by atoms with Gasteiger partial charge in [0, 0.05) is 17.3 Å². The lowest BCUT2D eigenvalue weighted by molar-refractivity contribution is 0.411. The van der Waals surface area contributed by atoms with Gasteiger partial charge < -0.3 is 4.74 Å². The third kappa shape index (κ3) is 4.07. The largest absolute Gasteiger partial charge is 0.456 e. The van der Waals surface area contributed by atoms with Crippen LogP contribution in [-0.2, 0) is 12.8 Å². The van der Waals surface area contributed by atoms with Crippen molar-refractivity contribution in [2.75, 3.05) is 0 Å². The molecule has 4 aromatic carbocycles. The number of fused-ring (bicyclic) bond motifs is 5. The predicted molar refractivity (Wildman–Crippen MR) is 158 cm³/mol. The summed E-state index contributed by atoms with van der Waals surface area (Å²) in [4.78, 5) is 4.98. The maximum Gasteiger partial charge on any atom is 0.140 e. The minimum Gasteiger partial charge on any atom is -0.456 e. The van der Waals surface area contributed by atoms with Crippen molar-refractivity contribution in [2.24, 2.45) is 10.8 Å². The summed E-state index contributed by atoms with van der Waals surface area (Å²) in [5.74, 6) is 1.86. The van der Waals surface area contributed by atoms with Crippen molar-refractivity contribution in [1.29, 1.82) is 0 Å². The van der Waals surface area contributed by atoms with Crippen molar-refractivity contribution in [3.63, 3.8) is 0 Å². The van der Waals surface area contributed by atoms with Gasteiger partial charge in [-0.15, -0.1) is 0 Å². The highest BCUT2D eigenvalue weighted by atomic mass is 16.5. The molecule has 1 aliphatic heterocycles. The van der Waals surface area contributed by atoms with Crippen LogP contribution in [0.4, 0.5) is 0 Å². The number of pyridine rings is 1. The fourth-order valence-electron chi connectivity index (χ4n) is 6.19. The highest BCUT2D eigenvalue weighted by Crippen LogP contribution is 2.52. The zero-order valence-corrected chi connectivity index (χ0v) is 23.5. The summed E-state index contributed by atoms with van der Waals surface area (Å²) in [6.07, 6.45) is 4.07. The molecule has 2 heteroatoms. The van der Waals surface area contributed by atoms with E-state index in [1.807, 2.05) is 6.20 Å². The van der Waals surface area contributed by atoms with E-state index in [0.29, 0.717) is 0 Å². The van der Waals surface area contributed by atoms with Gasteiger partial charge in [-0.2, -0.15) is 0 Å². The van der Waals surface area contributed by atoms with Crippen molar-refractivity contribution in [3.05, 3.63) is 77.0 Å². The maximum absolute atomic E-state index is 6.76. The van der Waals surface area contributed by atoms with Gasteiger partial charge in [-0.05, 0) is 93.3 Å². The lowest BCUT2D eigenvalue weighted by Crippen LogP contribution is -2.09. The summed E-state index contributed by atoms with van der Waals surface area (Å²) in [6, 6.07) is 18.2. The summed E-state index contributed by atoms with van der Waals surface area (Å²) in [5.41, 5.74) is 7.85. The van der Waals surface area contributed by atoms with Gasteiger partial charge in [0.1, 0.15) is 11.5 Å². The van der Waals surface area contributed by atoms with Crippen molar-refractivity contribution in [1.82, 2.24) is 4.98 Å². The van der Waals surface area contributed by atoms with Crippen LogP contribution in [0, 0.1) is 24.7 Å². The first-order valence-corrected chi connectivity index (χ1v) is 13.5. The Morgan fingerprint density at radius 1 is 0.676 bits per heavy atom. The van der Waals surface area contributed by atoms with Gasteiger partial charge in [0.05, 0.1) is 11.1 Å². The molecule has 0 saturated carbocycles. The first-order chi connectivity index (χ1) is 17.4. The first-order valence-electron chi connectivity index (χ1n) is 13.5. The molecule has 0 spiro atoms. The number of aryl methyl sites for hydroxylation is 2. The van der Waals surface area contributed by atoms with Gasteiger partial charge in [0.15, 0.2) is 0 Å². The van der Waals surface area contributed by atoms with Crippen LogP contribution in [0.5, 0.6) is 11.5 Å². The Morgan fingerprint density at radius 3 is 2.00 bits per heavy atom. The van der Waals surface area contributed by atoms with Crippen LogP contribution in [0.25, 0.3) is 43.6 Å². The molecular weight excluding hydrogens is 450 g/mol. The minimum atomic E-state index is 0.241. The SMILES string of the molecule is Cc1c2c(c(C)c3cc(CC(C)(C)C)ccc13)-c1nccc3c1c(cc1ccc(CC(C)(C)C)cc13)O2.